The quantitative estimate of drug-likeness (QED) is 0.811. The highest BCUT2D eigenvalue weighted by atomic mass is 32.2. The van der Waals surface area contributed by atoms with Gasteiger partial charge in [0.05, 0.1) is 5.41 Å². The van der Waals surface area contributed by atoms with Crippen LogP contribution in [0.1, 0.15) is 13.3 Å². The highest BCUT2D eigenvalue weighted by Gasteiger charge is 2.44. The third-order valence-corrected chi connectivity index (χ3v) is 6.51. The first-order valence-corrected chi connectivity index (χ1v) is 9.70. The van der Waals surface area contributed by atoms with Crippen LogP contribution in [0.15, 0.2) is 28.3 Å². The largest absolute Gasteiger partial charge is 0.481 e. The van der Waals surface area contributed by atoms with Crippen LogP contribution in [-0.4, -0.2) is 56.5 Å². The van der Waals surface area contributed by atoms with Crippen LogP contribution < -0.4 is 0 Å². The Labute approximate surface area is 128 Å². The topological polar surface area (TPSA) is 122 Å². The van der Waals surface area contributed by atoms with E-state index in [1.807, 2.05) is 0 Å². The van der Waals surface area contributed by atoms with Gasteiger partial charge in [0, 0.05) is 25.5 Å². The Bertz CT molecular complexity index is 801. The number of carbonyl (C=O) groups is 1. The third kappa shape index (κ3) is 2.99. The molecule has 2 rings (SSSR count). The summed E-state index contributed by atoms with van der Waals surface area (Å²) in [7, 11) is -7.40. The Morgan fingerprint density at radius 2 is 1.95 bits per heavy atom. The van der Waals surface area contributed by atoms with E-state index in [0.29, 0.717) is 0 Å². The maximum absolute atomic E-state index is 12.4. The molecule has 0 aromatic carbocycles. The number of nitrogens with zero attached hydrogens (tertiary/aromatic N) is 2. The summed E-state index contributed by atoms with van der Waals surface area (Å²) in [5, 5.41) is 8.93. The Balaban J connectivity index is 2.31. The zero-order valence-corrected chi connectivity index (χ0v) is 13.7. The molecule has 0 spiro atoms. The highest BCUT2D eigenvalue weighted by Crippen LogP contribution is 2.33. The molecule has 0 bridgehead atoms. The van der Waals surface area contributed by atoms with Crippen LogP contribution in [0.4, 0.5) is 0 Å². The lowest BCUT2D eigenvalue weighted by Crippen LogP contribution is -2.34. The van der Waals surface area contributed by atoms with E-state index in [0.717, 1.165) is 28.9 Å². The minimum atomic E-state index is -3.89. The molecule has 1 aromatic heterocycles. The standard InChI is InChI=1S/C12H16N2O6S2/c1-12(11(15)16)5-6-14(8-12)22(19,20)9-3-4-10(13-7-9)21(2,17)18/h3-4,7H,5-6,8H2,1-2H3,(H,15,16). The van der Waals surface area contributed by atoms with Gasteiger partial charge in [-0.25, -0.2) is 21.8 Å². The molecule has 0 radical (unpaired) electrons. The van der Waals surface area contributed by atoms with E-state index in [1.165, 1.54) is 6.92 Å². The molecular formula is C12H16N2O6S2. The Morgan fingerprint density at radius 3 is 2.36 bits per heavy atom. The maximum atomic E-state index is 12.4. The zero-order chi connectivity index (χ0) is 16.8. The first kappa shape index (κ1) is 16.8. The average molecular weight is 348 g/mol. The summed E-state index contributed by atoms with van der Waals surface area (Å²) < 4.78 is 48.6. The molecule has 1 aliphatic heterocycles. The number of hydrogen-bond donors (Lipinski definition) is 1. The zero-order valence-electron chi connectivity index (χ0n) is 12.1. The normalized spacial score (nSPS) is 23.5. The van der Waals surface area contributed by atoms with Gasteiger partial charge in [0.1, 0.15) is 4.90 Å². The molecular weight excluding hydrogens is 332 g/mol. The van der Waals surface area contributed by atoms with Crippen molar-refractivity contribution < 1.29 is 26.7 Å². The van der Waals surface area contributed by atoms with Crippen molar-refractivity contribution in [1.82, 2.24) is 9.29 Å². The monoisotopic (exact) mass is 348 g/mol. The number of aromatic nitrogens is 1. The number of pyridine rings is 1. The predicted molar refractivity (Wildman–Crippen MR) is 76.5 cm³/mol. The fraction of sp³-hybridized carbons (Fsp3) is 0.500. The number of aliphatic carboxylic acids is 1. The van der Waals surface area contributed by atoms with Crippen molar-refractivity contribution in [2.24, 2.45) is 5.41 Å². The molecule has 1 aromatic rings. The van der Waals surface area contributed by atoms with Crippen molar-refractivity contribution >= 4 is 25.8 Å². The van der Waals surface area contributed by atoms with Crippen LogP contribution in [0.25, 0.3) is 0 Å². The van der Waals surface area contributed by atoms with E-state index in [4.69, 9.17) is 5.11 Å². The summed E-state index contributed by atoms with van der Waals surface area (Å²) in [5.74, 6) is -1.05. The number of carboxylic acids is 1. The van der Waals surface area contributed by atoms with Crippen LogP contribution in [0, 0.1) is 5.41 Å². The van der Waals surface area contributed by atoms with Crippen LogP contribution in [0.3, 0.4) is 0 Å². The molecule has 10 heteroatoms. The lowest BCUT2D eigenvalue weighted by Gasteiger charge is -2.20. The minimum Gasteiger partial charge on any atom is -0.481 e. The van der Waals surface area contributed by atoms with E-state index in [1.54, 1.807) is 0 Å². The molecule has 122 valence electrons. The van der Waals surface area contributed by atoms with Gasteiger partial charge < -0.3 is 5.11 Å². The second kappa shape index (κ2) is 5.28. The van der Waals surface area contributed by atoms with Crippen molar-refractivity contribution in [1.29, 1.82) is 0 Å². The fourth-order valence-electron chi connectivity index (χ4n) is 2.19. The van der Waals surface area contributed by atoms with Crippen molar-refractivity contribution in [2.75, 3.05) is 19.3 Å². The van der Waals surface area contributed by atoms with Crippen molar-refractivity contribution in [3.05, 3.63) is 18.3 Å². The van der Waals surface area contributed by atoms with Crippen molar-refractivity contribution in [3.63, 3.8) is 0 Å². The molecule has 1 unspecified atom stereocenters. The molecule has 2 heterocycles. The van der Waals surface area contributed by atoms with Gasteiger partial charge in [0.25, 0.3) is 0 Å². The summed E-state index contributed by atoms with van der Waals surface area (Å²) in [6.45, 7) is 1.47. The van der Waals surface area contributed by atoms with E-state index in [9.17, 15) is 21.6 Å². The van der Waals surface area contributed by atoms with Gasteiger partial charge >= 0.3 is 5.97 Å². The molecule has 0 amide bonds. The number of carboxylic acid groups (broad SMARTS) is 1. The summed E-state index contributed by atoms with van der Waals surface area (Å²) in [6.07, 6.45) is 2.17. The summed E-state index contributed by atoms with van der Waals surface area (Å²) in [5.41, 5.74) is -1.12. The third-order valence-electron chi connectivity index (χ3n) is 3.68. The minimum absolute atomic E-state index is 0.0962. The Morgan fingerprint density at radius 1 is 1.32 bits per heavy atom. The smallest absolute Gasteiger partial charge is 0.310 e. The van der Waals surface area contributed by atoms with Crippen molar-refractivity contribution in [2.45, 2.75) is 23.3 Å². The summed E-state index contributed by atoms with van der Waals surface area (Å²) in [6, 6.07) is 2.28. The SMILES string of the molecule is CC1(C(=O)O)CCN(S(=O)(=O)c2ccc(S(C)(=O)=O)nc2)C1. The molecule has 1 N–H and O–H groups in total. The van der Waals surface area contributed by atoms with E-state index < -0.39 is 31.2 Å². The summed E-state index contributed by atoms with van der Waals surface area (Å²) >= 11 is 0. The average Bonchev–Trinajstić information content (AvgIpc) is 2.83. The summed E-state index contributed by atoms with van der Waals surface area (Å²) in [4.78, 5) is 14.7. The molecule has 1 fully saturated rings. The lowest BCUT2D eigenvalue weighted by molar-refractivity contribution is -0.146. The van der Waals surface area contributed by atoms with Gasteiger partial charge in [0.15, 0.2) is 14.9 Å². The molecule has 22 heavy (non-hydrogen) atoms. The van der Waals surface area contributed by atoms with Gasteiger partial charge in [-0.05, 0) is 25.5 Å². The van der Waals surface area contributed by atoms with Gasteiger partial charge in [-0.15, -0.1) is 0 Å². The molecule has 1 aliphatic rings. The van der Waals surface area contributed by atoms with Crippen molar-refractivity contribution in [3.8, 4) is 0 Å². The number of sulfonamides is 1. The first-order chi connectivity index (χ1) is 9.97. The Hall–Kier alpha value is -1.52. The molecule has 0 aliphatic carbocycles. The Kier molecular flexibility index (Phi) is 4.05. The molecule has 8 nitrogen and oxygen atoms in total. The maximum Gasteiger partial charge on any atom is 0.310 e. The van der Waals surface area contributed by atoms with E-state index in [2.05, 4.69) is 4.98 Å². The van der Waals surface area contributed by atoms with Crippen LogP contribution >= 0.6 is 0 Å². The highest BCUT2D eigenvalue weighted by molar-refractivity contribution is 7.90. The fourth-order valence-corrected chi connectivity index (χ4v) is 4.26. The predicted octanol–water partition coefficient (Wildman–Crippen LogP) is -0.0296. The van der Waals surface area contributed by atoms with Gasteiger partial charge in [-0.1, -0.05) is 0 Å². The molecule has 0 saturated carbocycles. The van der Waals surface area contributed by atoms with E-state index in [-0.39, 0.29) is 29.4 Å². The lowest BCUT2D eigenvalue weighted by atomic mass is 9.90. The van der Waals surface area contributed by atoms with Gasteiger partial charge in [-0.3, -0.25) is 4.79 Å². The van der Waals surface area contributed by atoms with Gasteiger partial charge in [-0.2, -0.15) is 4.31 Å². The number of hydrogen-bond acceptors (Lipinski definition) is 6. The first-order valence-electron chi connectivity index (χ1n) is 6.36. The van der Waals surface area contributed by atoms with E-state index >= 15 is 0 Å². The van der Waals surface area contributed by atoms with Gasteiger partial charge in [0.2, 0.25) is 10.0 Å². The number of sulfone groups is 1. The number of rotatable bonds is 4. The second-order valence-electron chi connectivity index (χ2n) is 5.56. The molecule has 1 saturated heterocycles. The van der Waals surface area contributed by atoms with Crippen LogP contribution in [0.2, 0.25) is 0 Å². The van der Waals surface area contributed by atoms with Crippen LogP contribution in [0.5, 0.6) is 0 Å². The van der Waals surface area contributed by atoms with Crippen LogP contribution in [-0.2, 0) is 24.7 Å². The second-order valence-corrected chi connectivity index (χ2v) is 9.46. The molecule has 1 atom stereocenters.